The maximum Gasteiger partial charge on any atom is 0.133 e. The molecule has 0 amide bonds. The van der Waals surface area contributed by atoms with Crippen molar-refractivity contribution in [2.45, 2.75) is 26.5 Å². The van der Waals surface area contributed by atoms with E-state index in [1.165, 1.54) is 16.6 Å². The van der Waals surface area contributed by atoms with Crippen molar-refractivity contribution >= 4 is 10.9 Å². The van der Waals surface area contributed by atoms with E-state index in [9.17, 15) is 0 Å². The lowest BCUT2D eigenvalue weighted by Crippen LogP contribution is -2.11. The summed E-state index contributed by atoms with van der Waals surface area (Å²) < 4.78 is 7.76. The molecule has 0 aliphatic heterocycles. The summed E-state index contributed by atoms with van der Waals surface area (Å²) in [5.74, 6) is 0. The first kappa shape index (κ1) is 10.2. The Labute approximate surface area is 90.5 Å². The predicted molar refractivity (Wildman–Crippen MR) is 63.0 cm³/mol. The lowest BCUT2D eigenvalue weighted by Gasteiger charge is -2.18. The molecule has 0 fully saturated rings. The molecular formula is C13H17NO. The molecule has 1 aromatic heterocycles. The minimum absolute atomic E-state index is 0.143. The molecule has 0 saturated carbocycles. The second kappa shape index (κ2) is 4.07. The van der Waals surface area contributed by atoms with Crippen molar-refractivity contribution in [2.24, 2.45) is 0 Å². The Hall–Kier alpha value is -1.28. The summed E-state index contributed by atoms with van der Waals surface area (Å²) in [6, 6.07) is 10.6. The van der Waals surface area contributed by atoms with E-state index in [0.29, 0.717) is 0 Å². The molecule has 15 heavy (non-hydrogen) atoms. The van der Waals surface area contributed by atoms with Crippen LogP contribution in [-0.4, -0.2) is 11.7 Å². The predicted octanol–water partition coefficient (Wildman–Crippen LogP) is 3.50. The zero-order valence-electron chi connectivity index (χ0n) is 9.53. The molecule has 2 rings (SSSR count). The van der Waals surface area contributed by atoms with Crippen molar-refractivity contribution in [3.05, 3.63) is 36.0 Å². The Bertz CT molecular complexity index is 455. The SMILES string of the molecule is CCC(OC)n1c(C)cc2ccccc21. The van der Waals surface area contributed by atoms with Gasteiger partial charge >= 0.3 is 0 Å². The maximum absolute atomic E-state index is 5.50. The quantitative estimate of drug-likeness (QED) is 0.744. The molecule has 0 aliphatic rings. The zero-order valence-corrected chi connectivity index (χ0v) is 9.53. The molecule has 1 heterocycles. The third-order valence-corrected chi connectivity index (χ3v) is 2.85. The van der Waals surface area contributed by atoms with Crippen LogP contribution < -0.4 is 0 Å². The number of hydrogen-bond donors (Lipinski definition) is 0. The first-order valence-corrected chi connectivity index (χ1v) is 5.37. The van der Waals surface area contributed by atoms with Crippen LogP contribution in [0, 0.1) is 6.92 Å². The molecule has 0 aliphatic carbocycles. The molecule has 2 nitrogen and oxygen atoms in total. The van der Waals surface area contributed by atoms with Crippen molar-refractivity contribution in [2.75, 3.05) is 7.11 Å². The van der Waals surface area contributed by atoms with E-state index in [1.807, 2.05) is 0 Å². The highest BCUT2D eigenvalue weighted by atomic mass is 16.5. The minimum Gasteiger partial charge on any atom is -0.361 e. The molecule has 0 bridgehead atoms. The highest BCUT2D eigenvalue weighted by Gasteiger charge is 2.12. The van der Waals surface area contributed by atoms with E-state index in [0.717, 1.165) is 6.42 Å². The maximum atomic E-state index is 5.50. The Kier molecular flexibility index (Phi) is 2.78. The molecule has 0 saturated heterocycles. The number of hydrogen-bond acceptors (Lipinski definition) is 1. The molecule has 0 radical (unpaired) electrons. The van der Waals surface area contributed by atoms with Crippen molar-refractivity contribution in [1.82, 2.24) is 4.57 Å². The number of para-hydroxylation sites is 1. The normalized spacial score (nSPS) is 13.3. The fourth-order valence-electron chi connectivity index (χ4n) is 2.15. The molecule has 1 unspecified atom stereocenters. The van der Waals surface area contributed by atoms with Crippen molar-refractivity contribution in [1.29, 1.82) is 0 Å². The topological polar surface area (TPSA) is 14.2 Å². The summed E-state index contributed by atoms with van der Waals surface area (Å²) in [5.41, 5.74) is 2.51. The third-order valence-electron chi connectivity index (χ3n) is 2.85. The lowest BCUT2D eigenvalue weighted by atomic mass is 10.2. The average Bonchev–Trinajstić information content (AvgIpc) is 2.58. The lowest BCUT2D eigenvalue weighted by molar-refractivity contribution is 0.0433. The molecule has 2 aromatic rings. The fraction of sp³-hybridized carbons (Fsp3) is 0.385. The van der Waals surface area contributed by atoms with E-state index >= 15 is 0 Å². The van der Waals surface area contributed by atoms with Gasteiger partial charge in [-0.3, -0.25) is 0 Å². The van der Waals surface area contributed by atoms with Gasteiger partial charge in [-0.1, -0.05) is 25.1 Å². The van der Waals surface area contributed by atoms with E-state index in [4.69, 9.17) is 4.74 Å². The van der Waals surface area contributed by atoms with Gasteiger partial charge in [-0.2, -0.15) is 0 Å². The summed E-state index contributed by atoms with van der Waals surface area (Å²) >= 11 is 0. The second-order valence-corrected chi connectivity index (χ2v) is 3.81. The van der Waals surface area contributed by atoms with Gasteiger partial charge in [-0.25, -0.2) is 0 Å². The average molecular weight is 203 g/mol. The van der Waals surface area contributed by atoms with E-state index in [-0.39, 0.29) is 6.23 Å². The summed E-state index contributed by atoms with van der Waals surface area (Å²) in [7, 11) is 1.77. The van der Waals surface area contributed by atoms with E-state index < -0.39 is 0 Å². The number of methoxy groups -OCH3 is 1. The Morgan fingerprint density at radius 1 is 1.33 bits per heavy atom. The number of nitrogens with zero attached hydrogens (tertiary/aromatic N) is 1. The molecule has 0 spiro atoms. The van der Waals surface area contributed by atoms with Gasteiger partial charge in [0.2, 0.25) is 0 Å². The molecular weight excluding hydrogens is 186 g/mol. The number of aromatic nitrogens is 1. The van der Waals surface area contributed by atoms with Gasteiger partial charge in [0.1, 0.15) is 6.23 Å². The first-order valence-electron chi connectivity index (χ1n) is 5.37. The number of benzene rings is 1. The van der Waals surface area contributed by atoms with E-state index in [1.54, 1.807) is 7.11 Å². The number of rotatable bonds is 3. The number of aryl methyl sites for hydroxylation is 1. The van der Waals surface area contributed by atoms with Crippen molar-refractivity contribution < 1.29 is 4.74 Å². The van der Waals surface area contributed by atoms with Crippen molar-refractivity contribution in [3.63, 3.8) is 0 Å². The van der Waals surface area contributed by atoms with Crippen LogP contribution in [0.1, 0.15) is 25.3 Å². The van der Waals surface area contributed by atoms with Gasteiger partial charge in [0.25, 0.3) is 0 Å². The van der Waals surface area contributed by atoms with Crippen LogP contribution >= 0.6 is 0 Å². The zero-order chi connectivity index (χ0) is 10.8. The highest BCUT2D eigenvalue weighted by molar-refractivity contribution is 5.81. The van der Waals surface area contributed by atoms with Crippen molar-refractivity contribution in [3.8, 4) is 0 Å². The summed E-state index contributed by atoms with van der Waals surface area (Å²) in [5, 5.41) is 1.28. The Balaban J connectivity index is 2.62. The van der Waals surface area contributed by atoms with Gasteiger partial charge in [-0.15, -0.1) is 0 Å². The second-order valence-electron chi connectivity index (χ2n) is 3.81. The van der Waals surface area contributed by atoms with Gasteiger partial charge in [0, 0.05) is 12.8 Å². The van der Waals surface area contributed by atoms with Gasteiger partial charge in [0.05, 0.1) is 5.52 Å². The van der Waals surface area contributed by atoms with Gasteiger partial charge in [0.15, 0.2) is 0 Å². The monoisotopic (exact) mass is 203 g/mol. The number of fused-ring (bicyclic) bond motifs is 1. The van der Waals surface area contributed by atoms with Gasteiger partial charge < -0.3 is 9.30 Å². The largest absolute Gasteiger partial charge is 0.361 e. The van der Waals surface area contributed by atoms with Crippen LogP contribution in [0.25, 0.3) is 10.9 Å². The molecule has 80 valence electrons. The van der Waals surface area contributed by atoms with Gasteiger partial charge in [-0.05, 0) is 30.9 Å². The fourth-order valence-corrected chi connectivity index (χ4v) is 2.15. The first-order chi connectivity index (χ1) is 7.27. The summed E-state index contributed by atoms with van der Waals surface area (Å²) in [6.07, 6.45) is 1.13. The standard InChI is InChI=1S/C13H17NO/c1-4-13(15-3)14-10(2)9-11-7-5-6-8-12(11)14/h5-9,13H,4H2,1-3H3. The molecule has 1 atom stereocenters. The highest BCUT2D eigenvalue weighted by Crippen LogP contribution is 2.25. The van der Waals surface area contributed by atoms with Crippen LogP contribution in [0.15, 0.2) is 30.3 Å². The van der Waals surface area contributed by atoms with Crippen LogP contribution in [0.4, 0.5) is 0 Å². The van der Waals surface area contributed by atoms with Crippen LogP contribution in [-0.2, 0) is 4.74 Å². The third kappa shape index (κ3) is 1.65. The smallest absolute Gasteiger partial charge is 0.133 e. The van der Waals surface area contributed by atoms with Crippen LogP contribution in [0.3, 0.4) is 0 Å². The Morgan fingerprint density at radius 3 is 2.73 bits per heavy atom. The Morgan fingerprint density at radius 2 is 2.07 bits per heavy atom. The molecule has 0 N–H and O–H groups in total. The summed E-state index contributed by atoms with van der Waals surface area (Å²) in [4.78, 5) is 0. The molecule has 2 heteroatoms. The van der Waals surface area contributed by atoms with Crippen LogP contribution in [0.5, 0.6) is 0 Å². The van der Waals surface area contributed by atoms with E-state index in [2.05, 4.69) is 48.7 Å². The summed E-state index contributed by atoms with van der Waals surface area (Å²) in [6.45, 7) is 4.27. The van der Waals surface area contributed by atoms with Crippen LogP contribution in [0.2, 0.25) is 0 Å². The molecule has 1 aromatic carbocycles. The minimum atomic E-state index is 0.143. The number of ether oxygens (including phenoxy) is 1.